The monoisotopic (exact) mass is 230 g/mol. The number of aromatic amines is 1. The first kappa shape index (κ1) is 13.9. The van der Waals surface area contributed by atoms with E-state index in [9.17, 15) is 0 Å². The van der Waals surface area contributed by atoms with Crippen molar-refractivity contribution in [3.05, 3.63) is 30.1 Å². The third-order valence-electron chi connectivity index (χ3n) is 0.885. The van der Waals surface area contributed by atoms with Crippen molar-refractivity contribution in [3.63, 3.8) is 0 Å². The van der Waals surface area contributed by atoms with Gasteiger partial charge in [0.25, 0.3) is 0 Å². The first-order valence-corrected chi connectivity index (χ1v) is 4.38. The fraction of sp³-hybridized carbons (Fsp3) is 0.167. The molecule has 68 valence electrons. The summed E-state index contributed by atoms with van der Waals surface area (Å²) in [5.41, 5.74) is 1.29. The zero-order chi connectivity index (χ0) is 8.69. The summed E-state index contributed by atoms with van der Waals surface area (Å²) in [6.07, 6.45) is 3.82. The van der Waals surface area contributed by atoms with E-state index in [-0.39, 0.29) is 12.4 Å². The predicted molar refractivity (Wildman–Crippen MR) is 37.0 cm³/mol. The van der Waals surface area contributed by atoms with Crippen molar-refractivity contribution in [1.82, 2.24) is 0 Å². The van der Waals surface area contributed by atoms with Crippen LogP contribution in [0.4, 0.5) is 0 Å². The van der Waals surface area contributed by atoms with E-state index >= 15 is 0 Å². The van der Waals surface area contributed by atoms with Crippen LogP contribution in [0.5, 0.6) is 0 Å². The molecule has 0 saturated carbocycles. The van der Waals surface area contributed by atoms with Crippen LogP contribution < -0.4 is 4.98 Å². The van der Waals surface area contributed by atoms with Gasteiger partial charge in [0.15, 0.2) is 12.4 Å². The SMILES string of the molecule is Cc1cc[nH+]cc1.Cl.[O]=[Cr](=[O])=[O]. The molecule has 0 spiro atoms. The number of halogens is 1. The molecule has 1 aromatic rings. The van der Waals surface area contributed by atoms with Crippen molar-refractivity contribution < 1.29 is 30.3 Å². The first-order chi connectivity index (χ1) is 5.13. The molecular formula is C6H9ClCrNO3+. The van der Waals surface area contributed by atoms with Gasteiger partial charge in [0.1, 0.15) is 0 Å². The number of hydrogen-bond acceptors (Lipinski definition) is 3. The van der Waals surface area contributed by atoms with Crippen LogP contribution in [-0.2, 0) is 25.4 Å². The summed E-state index contributed by atoms with van der Waals surface area (Å²) in [7, 11) is 0. The Morgan fingerprint density at radius 1 is 1.17 bits per heavy atom. The third-order valence-corrected chi connectivity index (χ3v) is 0.885. The quantitative estimate of drug-likeness (QED) is 0.664. The van der Waals surface area contributed by atoms with Crippen LogP contribution in [0.15, 0.2) is 24.5 Å². The summed E-state index contributed by atoms with van der Waals surface area (Å²) in [5.74, 6) is 0. The molecule has 0 unspecified atom stereocenters. The zero-order valence-corrected chi connectivity index (χ0v) is 8.44. The Morgan fingerprint density at radius 3 is 1.67 bits per heavy atom. The molecule has 0 radical (unpaired) electrons. The van der Waals surface area contributed by atoms with Gasteiger partial charge in [0.2, 0.25) is 0 Å². The molecule has 1 N–H and O–H groups in total. The number of pyridine rings is 1. The Morgan fingerprint density at radius 2 is 1.50 bits per heavy atom. The Balaban J connectivity index is 0. The molecule has 0 atom stereocenters. The summed E-state index contributed by atoms with van der Waals surface area (Å²) in [4.78, 5) is 2.93. The molecule has 6 heteroatoms. The molecular weight excluding hydrogens is 222 g/mol. The number of rotatable bonds is 0. The summed E-state index contributed by atoms with van der Waals surface area (Å²) in [6.45, 7) is 2.06. The molecule has 12 heavy (non-hydrogen) atoms. The fourth-order valence-corrected chi connectivity index (χ4v) is 0.470. The summed E-state index contributed by atoms with van der Waals surface area (Å²) in [6, 6.07) is 4.06. The average molecular weight is 231 g/mol. The van der Waals surface area contributed by atoms with E-state index < -0.39 is 14.0 Å². The molecule has 0 fully saturated rings. The fourth-order valence-electron chi connectivity index (χ4n) is 0.470. The molecule has 1 aromatic heterocycles. The Hall–Kier alpha value is -0.628. The Labute approximate surface area is 80.1 Å². The van der Waals surface area contributed by atoms with E-state index in [2.05, 4.69) is 11.9 Å². The zero-order valence-electron chi connectivity index (χ0n) is 6.35. The summed E-state index contributed by atoms with van der Waals surface area (Å²) >= 11 is -3.79. The van der Waals surface area contributed by atoms with Gasteiger partial charge in [-0.05, 0) is 12.5 Å². The normalized spacial score (nSPS) is 7.08. The van der Waals surface area contributed by atoms with Crippen molar-refractivity contribution in [2.75, 3.05) is 0 Å². The van der Waals surface area contributed by atoms with Crippen molar-refractivity contribution in [3.8, 4) is 0 Å². The maximum atomic E-state index is 8.54. The molecule has 0 amide bonds. The molecule has 1 heterocycles. The van der Waals surface area contributed by atoms with E-state index in [1.54, 1.807) is 0 Å². The van der Waals surface area contributed by atoms with Crippen molar-refractivity contribution in [2.24, 2.45) is 0 Å². The minimum absolute atomic E-state index is 0. The second-order valence-electron chi connectivity index (χ2n) is 1.78. The van der Waals surface area contributed by atoms with Gasteiger partial charge in [-0.1, -0.05) is 0 Å². The van der Waals surface area contributed by atoms with Crippen LogP contribution >= 0.6 is 12.4 Å². The molecule has 0 aliphatic carbocycles. The number of hydrogen-bond donors (Lipinski definition) is 0. The molecule has 0 aliphatic rings. The van der Waals surface area contributed by atoms with Crippen LogP contribution in [0, 0.1) is 6.92 Å². The van der Waals surface area contributed by atoms with Gasteiger partial charge < -0.3 is 0 Å². The van der Waals surface area contributed by atoms with Crippen LogP contribution in [-0.4, -0.2) is 0 Å². The number of H-pyrrole nitrogens is 1. The van der Waals surface area contributed by atoms with Gasteiger partial charge >= 0.3 is 25.4 Å². The van der Waals surface area contributed by atoms with Gasteiger partial charge in [-0.3, -0.25) is 0 Å². The standard InChI is InChI=1S/C6H7N.ClH.Cr.3O/c1-6-2-4-7-5-3-6;;;;;/h2-5H,1H3;1H;;;;/p+1. The Bertz CT molecular complexity index is 289. The predicted octanol–water partition coefficient (Wildman–Crippen LogP) is 0.872. The Kier molecular flexibility index (Phi) is 9.83. The number of aryl methyl sites for hydroxylation is 1. The maximum absolute atomic E-state index is 8.54. The van der Waals surface area contributed by atoms with E-state index in [1.165, 1.54) is 5.56 Å². The first-order valence-electron chi connectivity index (χ1n) is 2.82. The molecule has 0 bridgehead atoms. The molecule has 4 nitrogen and oxygen atoms in total. The van der Waals surface area contributed by atoms with E-state index in [4.69, 9.17) is 11.4 Å². The van der Waals surface area contributed by atoms with Gasteiger partial charge in [0, 0.05) is 12.1 Å². The number of aromatic nitrogens is 1. The van der Waals surface area contributed by atoms with Crippen LogP contribution in [0.1, 0.15) is 5.56 Å². The van der Waals surface area contributed by atoms with Crippen LogP contribution in [0.3, 0.4) is 0 Å². The van der Waals surface area contributed by atoms with Crippen LogP contribution in [0.25, 0.3) is 0 Å². The second kappa shape index (κ2) is 8.47. The average Bonchev–Trinajstić information content (AvgIpc) is 1.87. The van der Waals surface area contributed by atoms with Gasteiger partial charge in [0.05, 0.1) is 0 Å². The van der Waals surface area contributed by atoms with Crippen LogP contribution in [0.2, 0.25) is 0 Å². The van der Waals surface area contributed by atoms with Gasteiger partial charge in [-0.2, -0.15) is 0 Å². The van der Waals surface area contributed by atoms with E-state index in [0.29, 0.717) is 0 Å². The van der Waals surface area contributed by atoms with Gasteiger partial charge in [-0.15, -0.1) is 12.4 Å². The minimum atomic E-state index is -3.79. The van der Waals surface area contributed by atoms with Crippen molar-refractivity contribution in [2.45, 2.75) is 6.92 Å². The topological polar surface area (TPSA) is 65.3 Å². The molecule has 0 saturated heterocycles. The van der Waals surface area contributed by atoms with Crippen molar-refractivity contribution >= 4 is 12.4 Å². The third kappa shape index (κ3) is 12.1. The molecule has 0 aliphatic heterocycles. The van der Waals surface area contributed by atoms with E-state index in [0.717, 1.165) is 0 Å². The van der Waals surface area contributed by atoms with E-state index in [1.807, 2.05) is 24.5 Å². The summed E-state index contributed by atoms with van der Waals surface area (Å²) < 4.78 is 25.6. The molecule has 1 rings (SSSR count). The van der Waals surface area contributed by atoms with Crippen molar-refractivity contribution in [1.29, 1.82) is 0 Å². The number of nitrogens with one attached hydrogen (secondary N) is 1. The second-order valence-corrected chi connectivity index (χ2v) is 2.42. The summed E-state index contributed by atoms with van der Waals surface area (Å²) in [5, 5.41) is 0. The molecule has 0 aromatic carbocycles. The van der Waals surface area contributed by atoms with Gasteiger partial charge in [-0.25, -0.2) is 4.98 Å².